The van der Waals surface area contributed by atoms with E-state index in [0.717, 1.165) is 12.1 Å². The van der Waals surface area contributed by atoms with Gasteiger partial charge < -0.3 is 10.4 Å². The van der Waals surface area contributed by atoms with Crippen LogP contribution in [0.4, 0.5) is 0 Å². The van der Waals surface area contributed by atoms with Crippen LogP contribution in [0, 0.1) is 0 Å². The molecule has 1 atom stereocenters. The lowest BCUT2D eigenvalue weighted by Crippen LogP contribution is -2.21. The fraction of sp³-hybridized carbons (Fsp3) is 0.400. The van der Waals surface area contributed by atoms with Gasteiger partial charge in [0.05, 0.1) is 6.10 Å². The highest BCUT2D eigenvalue weighted by molar-refractivity contribution is 7.07. The molecule has 0 spiro atoms. The molecule has 0 fully saturated rings. The first-order valence-electron chi connectivity index (χ1n) is 4.46. The molecule has 2 N–H and O–H groups in total. The lowest BCUT2D eigenvalue weighted by atomic mass is 10.2. The number of alkyl halides is 1. The summed E-state index contributed by atoms with van der Waals surface area (Å²) in [6.07, 6.45) is 3.42. The van der Waals surface area contributed by atoms with E-state index in [9.17, 15) is 5.11 Å². The van der Waals surface area contributed by atoms with Crippen LogP contribution in [0.15, 0.2) is 29.0 Å². The number of halogens is 1. The van der Waals surface area contributed by atoms with Crippen LogP contribution in [-0.4, -0.2) is 24.1 Å². The predicted octanol–water partition coefficient (Wildman–Crippen LogP) is 2.17. The van der Waals surface area contributed by atoms with Crippen molar-refractivity contribution in [1.82, 2.24) is 5.32 Å². The fourth-order valence-electron chi connectivity index (χ4n) is 1.03. The zero-order valence-corrected chi connectivity index (χ0v) is 9.39. The van der Waals surface area contributed by atoms with E-state index in [1.54, 1.807) is 11.3 Å². The molecular formula is C10H14ClNOS. The summed E-state index contributed by atoms with van der Waals surface area (Å²) in [6, 6.07) is 1.94. The predicted molar refractivity (Wildman–Crippen MR) is 62.0 cm³/mol. The summed E-state index contributed by atoms with van der Waals surface area (Å²) in [4.78, 5) is 0. The van der Waals surface area contributed by atoms with Crippen LogP contribution in [0.3, 0.4) is 0 Å². The number of nitrogens with one attached hydrogen (secondary N) is 1. The topological polar surface area (TPSA) is 32.3 Å². The molecule has 0 saturated carbocycles. The van der Waals surface area contributed by atoms with Gasteiger partial charge in [-0.2, -0.15) is 11.3 Å². The number of rotatable bonds is 6. The largest absolute Gasteiger partial charge is 0.387 e. The van der Waals surface area contributed by atoms with Crippen molar-refractivity contribution in [2.24, 2.45) is 0 Å². The Bertz CT molecular complexity index is 261. The van der Waals surface area contributed by atoms with E-state index in [-0.39, 0.29) is 0 Å². The molecule has 4 heteroatoms. The minimum absolute atomic E-state index is 0.411. The molecule has 0 saturated heterocycles. The molecule has 0 aliphatic heterocycles. The van der Waals surface area contributed by atoms with Gasteiger partial charge in [0, 0.05) is 19.0 Å². The van der Waals surface area contributed by atoms with Crippen molar-refractivity contribution >= 4 is 22.9 Å². The van der Waals surface area contributed by atoms with E-state index >= 15 is 0 Å². The number of hydrogen-bond acceptors (Lipinski definition) is 3. The van der Waals surface area contributed by atoms with Crippen molar-refractivity contribution < 1.29 is 5.11 Å². The number of hydrogen-bond donors (Lipinski definition) is 2. The molecular weight excluding hydrogens is 218 g/mol. The summed E-state index contributed by atoms with van der Waals surface area (Å²) in [5, 5.41) is 16.7. The van der Waals surface area contributed by atoms with E-state index in [4.69, 9.17) is 11.6 Å². The zero-order chi connectivity index (χ0) is 10.2. The van der Waals surface area contributed by atoms with Crippen LogP contribution < -0.4 is 5.32 Å². The van der Waals surface area contributed by atoms with Crippen LogP contribution in [0.25, 0.3) is 0 Å². The number of thiophene rings is 1. The van der Waals surface area contributed by atoms with Crippen molar-refractivity contribution in [2.75, 3.05) is 19.0 Å². The van der Waals surface area contributed by atoms with E-state index in [2.05, 4.69) is 5.32 Å². The van der Waals surface area contributed by atoms with E-state index < -0.39 is 6.10 Å². The fourth-order valence-corrected chi connectivity index (χ4v) is 1.87. The highest BCUT2D eigenvalue weighted by Crippen LogP contribution is 2.14. The molecule has 78 valence electrons. The summed E-state index contributed by atoms with van der Waals surface area (Å²) in [5.74, 6) is 0.536. The summed E-state index contributed by atoms with van der Waals surface area (Å²) in [5.41, 5.74) is 0.976. The van der Waals surface area contributed by atoms with Crippen LogP contribution >= 0.6 is 22.9 Å². The average molecular weight is 232 g/mol. The SMILES string of the molecule is OC(CNC/C=C/CCl)c1ccsc1. The van der Waals surface area contributed by atoms with Gasteiger partial charge in [0.1, 0.15) is 0 Å². The molecule has 0 aromatic carbocycles. The van der Waals surface area contributed by atoms with Gasteiger partial charge in [0.15, 0.2) is 0 Å². The Balaban J connectivity index is 2.16. The van der Waals surface area contributed by atoms with Crippen molar-refractivity contribution in [3.05, 3.63) is 34.5 Å². The summed E-state index contributed by atoms with van der Waals surface area (Å²) in [7, 11) is 0. The number of aliphatic hydroxyl groups is 1. The van der Waals surface area contributed by atoms with Crippen LogP contribution in [0.2, 0.25) is 0 Å². The number of allylic oxidation sites excluding steroid dienone is 1. The van der Waals surface area contributed by atoms with Gasteiger partial charge in [-0.3, -0.25) is 0 Å². The molecule has 0 amide bonds. The minimum atomic E-state index is -0.411. The quantitative estimate of drug-likeness (QED) is 0.447. The second kappa shape index (κ2) is 7.01. The van der Waals surface area contributed by atoms with Crippen molar-refractivity contribution in [3.8, 4) is 0 Å². The molecule has 1 heterocycles. The summed E-state index contributed by atoms with van der Waals surface area (Å²) < 4.78 is 0. The molecule has 14 heavy (non-hydrogen) atoms. The maximum absolute atomic E-state index is 9.66. The molecule has 2 nitrogen and oxygen atoms in total. The monoisotopic (exact) mass is 231 g/mol. The smallest absolute Gasteiger partial charge is 0.0922 e. The lowest BCUT2D eigenvalue weighted by Gasteiger charge is -2.08. The normalized spacial score (nSPS) is 13.6. The molecule has 1 aromatic heterocycles. The van der Waals surface area contributed by atoms with Crippen molar-refractivity contribution in [2.45, 2.75) is 6.10 Å². The van der Waals surface area contributed by atoms with E-state index in [1.807, 2.05) is 29.0 Å². The van der Waals surface area contributed by atoms with Crippen LogP contribution in [-0.2, 0) is 0 Å². The van der Waals surface area contributed by atoms with E-state index in [0.29, 0.717) is 12.4 Å². The van der Waals surface area contributed by atoms with Gasteiger partial charge in [-0.25, -0.2) is 0 Å². The molecule has 0 bridgehead atoms. The molecule has 1 rings (SSSR count). The van der Waals surface area contributed by atoms with Gasteiger partial charge in [0.2, 0.25) is 0 Å². The first-order valence-corrected chi connectivity index (χ1v) is 5.94. The van der Waals surface area contributed by atoms with Gasteiger partial charge in [-0.15, -0.1) is 11.6 Å². The molecule has 0 aliphatic carbocycles. The standard InChI is InChI=1S/C10H14ClNOS/c11-4-1-2-5-12-7-10(13)9-3-6-14-8-9/h1-3,6,8,10,12-13H,4-5,7H2/b2-1+. The average Bonchev–Trinajstić information content (AvgIpc) is 2.70. The lowest BCUT2D eigenvalue weighted by molar-refractivity contribution is 0.177. The maximum atomic E-state index is 9.66. The summed E-state index contributed by atoms with van der Waals surface area (Å²) >= 11 is 7.06. The van der Waals surface area contributed by atoms with Crippen LogP contribution in [0.1, 0.15) is 11.7 Å². The zero-order valence-electron chi connectivity index (χ0n) is 7.82. The Kier molecular flexibility index (Phi) is 5.87. The molecule has 1 aromatic rings. The first-order chi connectivity index (χ1) is 6.84. The number of aliphatic hydroxyl groups excluding tert-OH is 1. The van der Waals surface area contributed by atoms with E-state index in [1.165, 1.54) is 0 Å². The summed E-state index contributed by atoms with van der Waals surface area (Å²) in [6.45, 7) is 1.32. The maximum Gasteiger partial charge on any atom is 0.0922 e. The minimum Gasteiger partial charge on any atom is -0.387 e. The molecule has 1 unspecified atom stereocenters. The highest BCUT2D eigenvalue weighted by Gasteiger charge is 2.05. The highest BCUT2D eigenvalue weighted by atomic mass is 35.5. The Hall–Kier alpha value is -0.350. The third kappa shape index (κ3) is 4.24. The third-order valence-electron chi connectivity index (χ3n) is 1.78. The molecule has 0 aliphatic rings. The Labute approximate surface area is 93.2 Å². The Morgan fingerprint density at radius 3 is 3.07 bits per heavy atom. The van der Waals surface area contributed by atoms with Crippen molar-refractivity contribution in [3.63, 3.8) is 0 Å². The van der Waals surface area contributed by atoms with Gasteiger partial charge in [0.25, 0.3) is 0 Å². The Morgan fingerprint density at radius 2 is 2.43 bits per heavy atom. The second-order valence-electron chi connectivity index (χ2n) is 2.86. The first kappa shape index (κ1) is 11.7. The van der Waals surface area contributed by atoms with Gasteiger partial charge in [-0.1, -0.05) is 12.2 Å². The Morgan fingerprint density at radius 1 is 1.57 bits per heavy atom. The molecule has 0 radical (unpaired) electrons. The second-order valence-corrected chi connectivity index (χ2v) is 3.95. The third-order valence-corrected chi connectivity index (χ3v) is 2.66. The van der Waals surface area contributed by atoms with Crippen molar-refractivity contribution in [1.29, 1.82) is 0 Å². The van der Waals surface area contributed by atoms with Crippen LogP contribution in [0.5, 0.6) is 0 Å². The van der Waals surface area contributed by atoms with Gasteiger partial charge in [-0.05, 0) is 22.4 Å². The van der Waals surface area contributed by atoms with Gasteiger partial charge >= 0.3 is 0 Å².